The maximum Gasteiger partial charge on any atom is 0.407 e. The molecule has 174 valence electrons. The normalized spacial score (nSPS) is 10.1. The number of hydrogen-bond donors (Lipinski definition) is 2. The van der Waals surface area contributed by atoms with Gasteiger partial charge in [-0.15, -0.1) is 0 Å². The van der Waals surface area contributed by atoms with E-state index in [0.29, 0.717) is 37.7 Å². The highest BCUT2D eigenvalue weighted by Gasteiger charge is 2.11. The van der Waals surface area contributed by atoms with Crippen molar-refractivity contribution >= 4 is 46.2 Å². The molecule has 4 amide bonds. The van der Waals surface area contributed by atoms with Crippen molar-refractivity contribution in [3.05, 3.63) is 0 Å². The summed E-state index contributed by atoms with van der Waals surface area (Å²) in [4.78, 5) is 50.0. The standard InChI is InChI=1S/C18H34N4O6S2/c1-5-21(6-2)17(25)29-13-11-27-15(23)19-9-10-20-16(24)28-12-14-30-18(26)22(7-3)8-4/h5-14H2,1-4H3,(H,19,23)(H,20,24). The summed E-state index contributed by atoms with van der Waals surface area (Å²) in [7, 11) is 0. The van der Waals surface area contributed by atoms with E-state index in [2.05, 4.69) is 10.6 Å². The summed E-state index contributed by atoms with van der Waals surface area (Å²) in [6.07, 6.45) is -1.24. The summed E-state index contributed by atoms with van der Waals surface area (Å²) in [5, 5.41) is 4.90. The molecule has 0 aromatic rings. The van der Waals surface area contributed by atoms with Gasteiger partial charge in [0.1, 0.15) is 13.2 Å². The van der Waals surface area contributed by atoms with Gasteiger partial charge >= 0.3 is 12.2 Å². The Bertz CT molecular complexity index is 485. The molecule has 0 saturated heterocycles. The molecule has 0 radical (unpaired) electrons. The second-order valence-electron chi connectivity index (χ2n) is 5.70. The Morgan fingerprint density at radius 3 is 1.30 bits per heavy atom. The largest absolute Gasteiger partial charge is 0.449 e. The first kappa shape index (κ1) is 28.2. The molecule has 0 saturated carbocycles. The second kappa shape index (κ2) is 18.0. The third kappa shape index (κ3) is 13.4. The molecule has 0 atom stereocenters. The third-order valence-corrected chi connectivity index (χ3v) is 5.54. The maximum absolute atomic E-state index is 11.8. The van der Waals surface area contributed by atoms with Crippen molar-refractivity contribution in [2.45, 2.75) is 27.7 Å². The van der Waals surface area contributed by atoms with Crippen LogP contribution in [-0.2, 0) is 9.47 Å². The highest BCUT2D eigenvalue weighted by molar-refractivity contribution is 8.13. The molecule has 0 bridgehead atoms. The number of rotatable bonds is 13. The van der Waals surface area contributed by atoms with Gasteiger partial charge in [0, 0.05) is 50.8 Å². The zero-order valence-electron chi connectivity index (χ0n) is 18.2. The van der Waals surface area contributed by atoms with Crippen LogP contribution >= 0.6 is 23.5 Å². The van der Waals surface area contributed by atoms with Crippen molar-refractivity contribution < 1.29 is 28.7 Å². The van der Waals surface area contributed by atoms with Crippen molar-refractivity contribution in [1.29, 1.82) is 0 Å². The first-order valence-corrected chi connectivity index (χ1v) is 12.0. The molecule has 0 aromatic carbocycles. The van der Waals surface area contributed by atoms with Crippen LogP contribution in [0.3, 0.4) is 0 Å². The number of alkyl carbamates (subject to hydrolysis) is 2. The zero-order chi connectivity index (χ0) is 22.8. The Morgan fingerprint density at radius 1 is 0.667 bits per heavy atom. The number of ether oxygens (including phenoxy) is 2. The van der Waals surface area contributed by atoms with Crippen LogP contribution in [0.5, 0.6) is 0 Å². The quantitative estimate of drug-likeness (QED) is 0.398. The molecule has 0 rings (SSSR count). The molecule has 12 heteroatoms. The Balaban J connectivity index is 3.68. The summed E-state index contributed by atoms with van der Waals surface area (Å²) in [5.41, 5.74) is 0. The molecule has 0 heterocycles. The van der Waals surface area contributed by atoms with Crippen LogP contribution < -0.4 is 10.6 Å². The second-order valence-corrected chi connectivity index (χ2v) is 7.79. The average Bonchev–Trinajstić information content (AvgIpc) is 2.73. The molecule has 0 spiro atoms. The summed E-state index contributed by atoms with van der Waals surface area (Å²) in [6, 6.07) is 0. The van der Waals surface area contributed by atoms with Gasteiger partial charge in [-0.3, -0.25) is 9.59 Å². The van der Waals surface area contributed by atoms with Gasteiger partial charge in [0.15, 0.2) is 0 Å². The first-order chi connectivity index (χ1) is 14.4. The highest BCUT2D eigenvalue weighted by Crippen LogP contribution is 2.09. The molecule has 0 aromatic heterocycles. The van der Waals surface area contributed by atoms with Crippen LogP contribution in [0.25, 0.3) is 0 Å². The first-order valence-electron chi connectivity index (χ1n) is 10.0. The lowest BCUT2D eigenvalue weighted by molar-refractivity contribution is 0.148. The van der Waals surface area contributed by atoms with Gasteiger partial charge in [0.25, 0.3) is 10.5 Å². The third-order valence-electron chi connectivity index (χ3n) is 3.79. The van der Waals surface area contributed by atoms with Crippen LogP contribution in [-0.4, -0.2) is 96.5 Å². The summed E-state index contributed by atoms with van der Waals surface area (Å²) < 4.78 is 9.92. The molecule has 2 N–H and O–H groups in total. The van der Waals surface area contributed by atoms with E-state index in [0.717, 1.165) is 23.5 Å². The van der Waals surface area contributed by atoms with Crippen LogP contribution in [0.4, 0.5) is 19.2 Å². The van der Waals surface area contributed by atoms with Gasteiger partial charge in [-0.05, 0) is 27.7 Å². The Labute approximate surface area is 187 Å². The van der Waals surface area contributed by atoms with Gasteiger partial charge in [-0.2, -0.15) is 0 Å². The van der Waals surface area contributed by atoms with Crippen molar-refractivity contribution in [1.82, 2.24) is 20.4 Å². The van der Waals surface area contributed by atoms with Crippen molar-refractivity contribution in [3.8, 4) is 0 Å². The lowest BCUT2D eigenvalue weighted by atomic mass is 10.6. The molecule has 0 aliphatic heterocycles. The number of amides is 4. The fourth-order valence-corrected chi connectivity index (χ4v) is 3.67. The minimum Gasteiger partial charge on any atom is -0.449 e. The van der Waals surface area contributed by atoms with Crippen LogP contribution in [0.15, 0.2) is 0 Å². The Kier molecular flexibility index (Phi) is 16.9. The number of hydrogen-bond acceptors (Lipinski definition) is 8. The summed E-state index contributed by atoms with van der Waals surface area (Å²) in [6.45, 7) is 10.8. The fourth-order valence-electron chi connectivity index (χ4n) is 2.10. The van der Waals surface area contributed by atoms with E-state index >= 15 is 0 Å². The molecule has 10 nitrogen and oxygen atoms in total. The minimum atomic E-state index is -0.618. The van der Waals surface area contributed by atoms with Crippen molar-refractivity contribution in [2.75, 3.05) is 64.0 Å². The van der Waals surface area contributed by atoms with Crippen molar-refractivity contribution in [3.63, 3.8) is 0 Å². The van der Waals surface area contributed by atoms with Gasteiger partial charge in [-0.25, -0.2) is 9.59 Å². The predicted molar refractivity (Wildman–Crippen MR) is 120 cm³/mol. The lowest BCUT2D eigenvalue weighted by Crippen LogP contribution is -2.35. The van der Waals surface area contributed by atoms with Crippen LogP contribution in [0.1, 0.15) is 27.7 Å². The van der Waals surface area contributed by atoms with Crippen molar-refractivity contribution in [2.24, 2.45) is 0 Å². The SMILES string of the molecule is CCN(CC)C(=O)SCCOC(=O)NCCNC(=O)OCCSC(=O)N(CC)CC. The molecule has 30 heavy (non-hydrogen) atoms. The Morgan fingerprint density at radius 2 is 1.00 bits per heavy atom. The molecular formula is C18H34N4O6S2. The maximum atomic E-state index is 11.8. The van der Waals surface area contributed by atoms with E-state index in [1.165, 1.54) is 0 Å². The number of carbonyl (C=O) groups is 4. The van der Waals surface area contributed by atoms with E-state index in [9.17, 15) is 19.2 Å². The van der Waals surface area contributed by atoms with E-state index in [-0.39, 0.29) is 36.8 Å². The van der Waals surface area contributed by atoms with E-state index < -0.39 is 12.2 Å². The number of nitrogens with one attached hydrogen (secondary N) is 2. The number of thioether (sulfide) groups is 2. The highest BCUT2D eigenvalue weighted by atomic mass is 32.2. The van der Waals surface area contributed by atoms with E-state index in [4.69, 9.17) is 9.47 Å². The zero-order valence-corrected chi connectivity index (χ0v) is 19.9. The Hall–Kier alpha value is -1.82. The van der Waals surface area contributed by atoms with Gasteiger partial charge in [0.05, 0.1) is 0 Å². The molecule has 0 aliphatic rings. The molecule has 0 fully saturated rings. The average molecular weight is 467 g/mol. The van der Waals surface area contributed by atoms with E-state index in [1.807, 2.05) is 27.7 Å². The summed E-state index contributed by atoms with van der Waals surface area (Å²) in [5.74, 6) is 0.754. The monoisotopic (exact) mass is 466 g/mol. The topological polar surface area (TPSA) is 117 Å². The fraction of sp³-hybridized carbons (Fsp3) is 0.778. The lowest BCUT2D eigenvalue weighted by Gasteiger charge is -2.17. The summed E-state index contributed by atoms with van der Waals surface area (Å²) >= 11 is 2.21. The van der Waals surface area contributed by atoms with Crippen LogP contribution in [0, 0.1) is 0 Å². The smallest absolute Gasteiger partial charge is 0.407 e. The van der Waals surface area contributed by atoms with Gasteiger partial charge < -0.3 is 29.9 Å². The van der Waals surface area contributed by atoms with Crippen LogP contribution in [0.2, 0.25) is 0 Å². The molecule has 0 aliphatic carbocycles. The minimum absolute atomic E-state index is 0.0393. The molecular weight excluding hydrogens is 432 g/mol. The van der Waals surface area contributed by atoms with Gasteiger partial charge in [-0.1, -0.05) is 23.5 Å². The predicted octanol–water partition coefficient (Wildman–Crippen LogP) is 2.83. The van der Waals surface area contributed by atoms with E-state index in [1.54, 1.807) is 9.80 Å². The number of nitrogens with zero attached hydrogens (tertiary/aromatic N) is 2. The molecule has 0 unspecified atom stereocenters. The van der Waals surface area contributed by atoms with Gasteiger partial charge in [0.2, 0.25) is 0 Å². The number of carbonyl (C=O) groups excluding carboxylic acids is 4.